The molecule has 0 aliphatic rings. The number of hydrogen-bond donors (Lipinski definition) is 2. The Bertz CT molecular complexity index is 477. The van der Waals surface area contributed by atoms with E-state index in [0.29, 0.717) is 6.42 Å². The topological polar surface area (TPSA) is 102 Å². The summed E-state index contributed by atoms with van der Waals surface area (Å²) in [6, 6.07) is -1.71. The van der Waals surface area contributed by atoms with E-state index in [9.17, 15) is 14.4 Å². The molecule has 0 bridgehead atoms. The molecule has 0 saturated carbocycles. The van der Waals surface area contributed by atoms with Gasteiger partial charge in [0.2, 0.25) is 0 Å². The van der Waals surface area contributed by atoms with Crippen molar-refractivity contribution in [3.63, 3.8) is 0 Å². The molecule has 0 heterocycles. The van der Waals surface area contributed by atoms with Gasteiger partial charge in [0, 0.05) is 5.75 Å². The first-order valence-corrected chi connectivity index (χ1v) is 10.6. The lowest BCUT2D eigenvalue weighted by Gasteiger charge is -2.25. The fraction of sp³-hybridized carbons (Fsp3) is 0.842. The van der Waals surface area contributed by atoms with Crippen LogP contribution < -0.4 is 5.32 Å². The molecule has 0 rings (SSSR count). The SMILES string of the molecule is CCCCC[C@@H](SC[C@H](N[C@@H](C)C(=O)O)C(=O)OCC)C(=O)OC(C)(C)C. The number of thioether (sulfide) groups is 1. The lowest BCUT2D eigenvalue weighted by Crippen LogP contribution is -2.48. The minimum atomic E-state index is -1.05. The predicted octanol–water partition coefficient (Wildman–Crippen LogP) is 3.00. The van der Waals surface area contributed by atoms with Crippen molar-refractivity contribution in [1.29, 1.82) is 0 Å². The Labute approximate surface area is 166 Å². The number of unbranched alkanes of at least 4 members (excludes halogenated alkanes) is 2. The molecule has 27 heavy (non-hydrogen) atoms. The van der Waals surface area contributed by atoms with Crippen molar-refractivity contribution in [2.45, 2.75) is 90.2 Å². The highest BCUT2D eigenvalue weighted by atomic mass is 32.2. The molecule has 0 unspecified atom stereocenters. The van der Waals surface area contributed by atoms with E-state index < -0.39 is 34.9 Å². The highest BCUT2D eigenvalue weighted by molar-refractivity contribution is 8.00. The van der Waals surface area contributed by atoms with Gasteiger partial charge in [0.05, 0.1) is 6.61 Å². The maximum absolute atomic E-state index is 12.5. The van der Waals surface area contributed by atoms with Crippen molar-refractivity contribution < 1.29 is 29.0 Å². The summed E-state index contributed by atoms with van der Waals surface area (Å²) in [6.45, 7) is 10.9. The third kappa shape index (κ3) is 11.9. The minimum absolute atomic E-state index is 0.203. The van der Waals surface area contributed by atoms with Crippen LogP contribution in [0.4, 0.5) is 0 Å². The molecule has 0 aromatic heterocycles. The zero-order chi connectivity index (χ0) is 21.0. The van der Waals surface area contributed by atoms with Crippen molar-refractivity contribution >= 4 is 29.7 Å². The number of carboxylic acid groups (broad SMARTS) is 1. The van der Waals surface area contributed by atoms with Crippen LogP contribution in [0.3, 0.4) is 0 Å². The van der Waals surface area contributed by atoms with Gasteiger partial charge in [0.25, 0.3) is 0 Å². The number of esters is 2. The Kier molecular flexibility index (Phi) is 12.4. The highest BCUT2D eigenvalue weighted by Gasteiger charge is 2.30. The second-order valence-corrected chi connectivity index (χ2v) is 8.62. The van der Waals surface area contributed by atoms with Crippen molar-refractivity contribution in [2.75, 3.05) is 12.4 Å². The number of ether oxygens (including phenoxy) is 2. The predicted molar refractivity (Wildman–Crippen MR) is 107 cm³/mol. The molecule has 0 radical (unpaired) electrons. The van der Waals surface area contributed by atoms with Crippen LogP contribution in [-0.4, -0.2) is 58.3 Å². The van der Waals surface area contributed by atoms with Crippen LogP contribution in [0.2, 0.25) is 0 Å². The van der Waals surface area contributed by atoms with Crippen LogP contribution in [0.5, 0.6) is 0 Å². The Morgan fingerprint density at radius 1 is 1.11 bits per heavy atom. The van der Waals surface area contributed by atoms with E-state index in [-0.39, 0.29) is 18.3 Å². The monoisotopic (exact) mass is 405 g/mol. The van der Waals surface area contributed by atoms with Gasteiger partial charge < -0.3 is 14.6 Å². The molecule has 0 aliphatic carbocycles. The van der Waals surface area contributed by atoms with Crippen molar-refractivity contribution in [1.82, 2.24) is 5.32 Å². The van der Waals surface area contributed by atoms with Crippen LogP contribution in [0.15, 0.2) is 0 Å². The number of nitrogens with one attached hydrogen (secondary N) is 1. The summed E-state index contributed by atoms with van der Waals surface area (Å²) < 4.78 is 10.5. The van der Waals surface area contributed by atoms with Crippen molar-refractivity contribution in [2.24, 2.45) is 0 Å². The summed E-state index contributed by atoms with van der Waals surface area (Å²) >= 11 is 1.31. The van der Waals surface area contributed by atoms with E-state index in [1.165, 1.54) is 18.7 Å². The Hall–Kier alpha value is -1.28. The average Bonchev–Trinajstić information content (AvgIpc) is 2.54. The second kappa shape index (κ2) is 13.0. The zero-order valence-corrected chi connectivity index (χ0v) is 18.2. The Balaban J connectivity index is 5.05. The van der Waals surface area contributed by atoms with Gasteiger partial charge in [-0.1, -0.05) is 26.2 Å². The van der Waals surface area contributed by atoms with Gasteiger partial charge in [-0.15, -0.1) is 11.8 Å². The van der Waals surface area contributed by atoms with Crippen molar-refractivity contribution in [3.05, 3.63) is 0 Å². The highest BCUT2D eigenvalue weighted by Crippen LogP contribution is 2.23. The van der Waals surface area contributed by atoms with Gasteiger partial charge in [0.1, 0.15) is 22.9 Å². The molecular weight excluding hydrogens is 370 g/mol. The van der Waals surface area contributed by atoms with Gasteiger partial charge in [0.15, 0.2) is 0 Å². The molecule has 8 heteroatoms. The molecule has 0 spiro atoms. The number of carbonyl (C=O) groups is 3. The number of hydrogen-bond acceptors (Lipinski definition) is 7. The first kappa shape index (κ1) is 25.7. The maximum Gasteiger partial charge on any atom is 0.324 e. The lowest BCUT2D eigenvalue weighted by molar-refractivity contribution is -0.154. The van der Waals surface area contributed by atoms with Gasteiger partial charge in [-0.25, -0.2) is 0 Å². The van der Waals surface area contributed by atoms with E-state index in [1.54, 1.807) is 6.92 Å². The van der Waals surface area contributed by atoms with E-state index in [1.807, 2.05) is 20.8 Å². The Morgan fingerprint density at radius 2 is 1.74 bits per heavy atom. The quantitative estimate of drug-likeness (QED) is 0.356. The number of rotatable bonds is 13. The molecule has 0 saturated heterocycles. The lowest BCUT2D eigenvalue weighted by atomic mass is 10.1. The van der Waals surface area contributed by atoms with Gasteiger partial charge in [-0.2, -0.15) is 0 Å². The number of carbonyl (C=O) groups excluding carboxylic acids is 2. The summed E-state index contributed by atoms with van der Waals surface area (Å²) in [4.78, 5) is 35.8. The summed E-state index contributed by atoms with van der Waals surface area (Å²) in [5, 5.41) is 11.4. The Morgan fingerprint density at radius 3 is 2.22 bits per heavy atom. The molecule has 7 nitrogen and oxygen atoms in total. The molecule has 3 atom stereocenters. The second-order valence-electron chi connectivity index (χ2n) is 7.38. The van der Waals surface area contributed by atoms with Gasteiger partial charge in [-0.05, 0) is 41.0 Å². The minimum Gasteiger partial charge on any atom is -0.480 e. The fourth-order valence-electron chi connectivity index (χ4n) is 2.23. The van der Waals surface area contributed by atoms with Crippen LogP contribution >= 0.6 is 11.8 Å². The van der Waals surface area contributed by atoms with Gasteiger partial charge in [-0.3, -0.25) is 19.7 Å². The first-order chi connectivity index (χ1) is 12.5. The summed E-state index contributed by atoms with van der Waals surface area (Å²) in [7, 11) is 0. The van der Waals surface area contributed by atoms with E-state index in [0.717, 1.165) is 19.3 Å². The standard InChI is InChI=1S/C19H35NO6S/c1-7-9-10-11-15(18(24)26-19(4,5)6)27-12-14(17(23)25-8-2)20-13(3)16(21)22/h13-15,20H,7-12H2,1-6H3,(H,21,22)/t13-,14-,15+/m0/s1. The molecule has 0 aromatic rings. The first-order valence-electron chi connectivity index (χ1n) is 9.51. The average molecular weight is 406 g/mol. The molecular formula is C19H35NO6S. The maximum atomic E-state index is 12.5. The van der Waals surface area contributed by atoms with Crippen LogP contribution in [0.25, 0.3) is 0 Å². The third-order valence-corrected chi connectivity index (χ3v) is 4.95. The van der Waals surface area contributed by atoms with Crippen LogP contribution in [0.1, 0.15) is 67.2 Å². The van der Waals surface area contributed by atoms with Crippen LogP contribution in [-0.2, 0) is 23.9 Å². The normalized spacial score (nSPS) is 14.9. The smallest absolute Gasteiger partial charge is 0.324 e. The summed E-state index contributed by atoms with van der Waals surface area (Å²) in [5.74, 6) is -1.65. The molecule has 0 fully saturated rings. The molecule has 0 aromatic carbocycles. The molecule has 0 amide bonds. The molecule has 0 aliphatic heterocycles. The van der Waals surface area contributed by atoms with E-state index in [2.05, 4.69) is 12.2 Å². The molecule has 158 valence electrons. The summed E-state index contributed by atoms with van der Waals surface area (Å²) in [6.07, 6.45) is 3.58. The van der Waals surface area contributed by atoms with Crippen LogP contribution in [0, 0.1) is 0 Å². The third-order valence-electron chi connectivity index (χ3n) is 3.60. The van der Waals surface area contributed by atoms with Crippen molar-refractivity contribution in [3.8, 4) is 0 Å². The zero-order valence-electron chi connectivity index (χ0n) is 17.4. The molecule has 2 N–H and O–H groups in total. The van der Waals surface area contributed by atoms with E-state index in [4.69, 9.17) is 14.6 Å². The number of aliphatic carboxylic acids is 1. The fourth-order valence-corrected chi connectivity index (χ4v) is 3.40. The largest absolute Gasteiger partial charge is 0.480 e. The number of carboxylic acids is 1. The summed E-state index contributed by atoms with van der Waals surface area (Å²) in [5.41, 5.74) is -0.586. The van der Waals surface area contributed by atoms with E-state index >= 15 is 0 Å². The van der Waals surface area contributed by atoms with Gasteiger partial charge >= 0.3 is 17.9 Å².